The Labute approximate surface area is 189 Å². The number of hydrogen-bond acceptors (Lipinski definition) is 4. The van der Waals surface area contributed by atoms with Gasteiger partial charge in [-0.3, -0.25) is 9.88 Å². The molecule has 0 aromatic carbocycles. The Kier molecular flexibility index (Phi) is 5.53. The van der Waals surface area contributed by atoms with Gasteiger partial charge in [0.1, 0.15) is 0 Å². The lowest BCUT2D eigenvalue weighted by molar-refractivity contribution is -0.894. The Balaban J connectivity index is 1.78. The lowest BCUT2D eigenvalue weighted by atomic mass is 9.83. The molecule has 1 fully saturated rings. The van der Waals surface area contributed by atoms with E-state index in [1.165, 1.54) is 0 Å². The highest BCUT2D eigenvalue weighted by atomic mass is 16.5. The van der Waals surface area contributed by atoms with Crippen molar-refractivity contribution in [1.29, 1.82) is 0 Å². The number of H-pyrrole nitrogens is 1. The number of carbonyl (C=O) groups is 2. The summed E-state index contributed by atoms with van der Waals surface area (Å²) in [4.78, 5) is 38.3. The molecule has 0 bridgehead atoms. The molecule has 2 aliphatic rings. The van der Waals surface area contributed by atoms with E-state index in [1.807, 2.05) is 30.9 Å². The van der Waals surface area contributed by atoms with Crippen molar-refractivity contribution >= 4 is 28.6 Å². The van der Waals surface area contributed by atoms with Gasteiger partial charge in [0.15, 0.2) is 0 Å². The van der Waals surface area contributed by atoms with Crippen molar-refractivity contribution < 1.29 is 18.8 Å². The minimum atomic E-state index is -0.445. The average molecular weight is 441 g/mol. The van der Waals surface area contributed by atoms with Gasteiger partial charge in [-0.1, -0.05) is 13.8 Å². The van der Waals surface area contributed by atoms with Gasteiger partial charge >= 0.3 is 12.0 Å². The zero-order valence-electron chi connectivity index (χ0n) is 19.9. The summed E-state index contributed by atoms with van der Waals surface area (Å²) in [7, 11) is 4.36. The predicted octanol–water partition coefficient (Wildman–Crippen LogP) is 2.96. The molecule has 2 aromatic rings. The van der Waals surface area contributed by atoms with Crippen LogP contribution in [0.3, 0.4) is 0 Å². The van der Waals surface area contributed by atoms with Crippen molar-refractivity contribution in [1.82, 2.24) is 19.8 Å². The third-order valence-corrected chi connectivity index (χ3v) is 6.38. The number of ether oxygens (including phenoxy) is 1. The Hall–Kier alpha value is -2.87. The van der Waals surface area contributed by atoms with Gasteiger partial charge in [-0.15, -0.1) is 0 Å². The molecule has 2 aliphatic heterocycles. The van der Waals surface area contributed by atoms with Crippen molar-refractivity contribution in [3.8, 4) is 0 Å². The van der Waals surface area contributed by atoms with E-state index in [4.69, 9.17) is 4.74 Å². The van der Waals surface area contributed by atoms with Crippen LogP contribution in [0, 0.1) is 0 Å². The topological polar surface area (TPSA) is 78.5 Å². The summed E-state index contributed by atoms with van der Waals surface area (Å²) < 4.78 is 6.47. The lowest BCUT2D eigenvalue weighted by Gasteiger charge is -2.41. The van der Waals surface area contributed by atoms with Crippen LogP contribution >= 0.6 is 0 Å². The maximum Gasteiger partial charge on any atom is 0.342 e. The maximum atomic E-state index is 13.6. The summed E-state index contributed by atoms with van der Waals surface area (Å²) in [5, 5.41) is 0. The summed E-state index contributed by atoms with van der Waals surface area (Å²) in [6.45, 7) is 11.5. The fourth-order valence-electron chi connectivity index (χ4n) is 4.59. The van der Waals surface area contributed by atoms with Crippen LogP contribution in [-0.4, -0.2) is 89.2 Å². The van der Waals surface area contributed by atoms with Crippen molar-refractivity contribution in [3.63, 3.8) is 0 Å². The van der Waals surface area contributed by atoms with Crippen LogP contribution < -0.4 is 0 Å². The fraction of sp³-hybridized carbons (Fsp3) is 0.542. The van der Waals surface area contributed by atoms with Crippen molar-refractivity contribution in [2.24, 2.45) is 0 Å². The molecule has 0 aliphatic carbocycles. The molecule has 1 N–H and O–H groups in total. The number of nitrogens with one attached hydrogen (secondary N) is 1. The van der Waals surface area contributed by atoms with Crippen molar-refractivity contribution in [3.05, 3.63) is 35.8 Å². The number of urea groups is 1. The molecule has 1 saturated heterocycles. The van der Waals surface area contributed by atoms with E-state index >= 15 is 0 Å². The molecular weight excluding hydrogens is 406 g/mol. The molecule has 0 radical (unpaired) electrons. The number of rotatable bonds is 2. The first-order valence-electron chi connectivity index (χ1n) is 11.3. The molecule has 4 heterocycles. The maximum absolute atomic E-state index is 13.6. The van der Waals surface area contributed by atoms with Gasteiger partial charge < -0.3 is 19.1 Å². The summed E-state index contributed by atoms with van der Waals surface area (Å²) in [5.74, 6) is -0.445. The van der Waals surface area contributed by atoms with E-state index in [1.54, 1.807) is 17.3 Å². The number of aromatic amines is 1. The molecule has 8 nitrogen and oxygen atoms in total. The van der Waals surface area contributed by atoms with E-state index in [2.05, 4.69) is 37.9 Å². The summed E-state index contributed by atoms with van der Waals surface area (Å²) in [5.41, 5.74) is 3.23. The quantitative estimate of drug-likeness (QED) is 0.575. The molecule has 0 saturated carbocycles. The van der Waals surface area contributed by atoms with E-state index in [-0.39, 0.29) is 12.1 Å². The average Bonchev–Trinajstić information content (AvgIpc) is 3.04. The van der Waals surface area contributed by atoms with Crippen molar-refractivity contribution in [2.75, 3.05) is 46.8 Å². The molecule has 172 valence electrons. The van der Waals surface area contributed by atoms with Gasteiger partial charge in [0.25, 0.3) is 0 Å². The van der Waals surface area contributed by atoms with E-state index in [9.17, 15) is 9.59 Å². The van der Waals surface area contributed by atoms with Gasteiger partial charge in [0.05, 0.1) is 68.7 Å². The number of nitrogens with zero attached hydrogens (tertiary/aromatic N) is 4. The zero-order valence-corrected chi connectivity index (χ0v) is 19.9. The summed E-state index contributed by atoms with van der Waals surface area (Å²) in [6.07, 6.45) is 3.16. The lowest BCUT2D eigenvalue weighted by Crippen LogP contribution is -2.58. The Morgan fingerprint density at radius 1 is 1.22 bits per heavy atom. The summed E-state index contributed by atoms with van der Waals surface area (Å²) >= 11 is 0. The Morgan fingerprint density at radius 3 is 2.56 bits per heavy atom. The third-order valence-electron chi connectivity index (χ3n) is 6.38. The number of likely N-dealkylation sites (N-methyl/N-ethyl adjacent to an activating group) is 1. The second kappa shape index (κ2) is 7.92. The number of fused-ring (bicyclic) bond motifs is 3. The normalized spacial score (nSPS) is 20.0. The second-order valence-electron chi connectivity index (χ2n) is 10.4. The second-order valence-corrected chi connectivity index (χ2v) is 10.4. The largest absolute Gasteiger partial charge is 0.459 e. The van der Waals surface area contributed by atoms with Gasteiger partial charge in [-0.05, 0) is 26.0 Å². The highest BCUT2D eigenvalue weighted by molar-refractivity contribution is 6.18. The SMILES string of the molecule is CC(C)OC(=O)C1=CN(C(=O)N2CC[N+](C)(C)CC2)CC(C)(C)c2c1[nH]c1cccnc21. The highest BCUT2D eigenvalue weighted by Crippen LogP contribution is 2.39. The minimum Gasteiger partial charge on any atom is -0.459 e. The van der Waals surface area contributed by atoms with E-state index in [0.29, 0.717) is 30.9 Å². The van der Waals surface area contributed by atoms with Gasteiger partial charge in [0, 0.05) is 29.9 Å². The number of amides is 2. The Morgan fingerprint density at radius 2 is 1.91 bits per heavy atom. The molecule has 4 rings (SSSR count). The summed E-state index contributed by atoms with van der Waals surface area (Å²) in [6, 6.07) is 3.75. The molecule has 0 unspecified atom stereocenters. The number of carbonyl (C=O) groups excluding carboxylic acids is 2. The number of aromatic nitrogens is 2. The molecule has 0 spiro atoms. The zero-order chi connectivity index (χ0) is 23.3. The van der Waals surface area contributed by atoms with Crippen LogP contribution in [0.25, 0.3) is 16.6 Å². The van der Waals surface area contributed by atoms with Crippen LogP contribution in [0.4, 0.5) is 4.79 Å². The third kappa shape index (κ3) is 4.11. The van der Waals surface area contributed by atoms with Crippen LogP contribution in [-0.2, 0) is 14.9 Å². The van der Waals surface area contributed by atoms with Gasteiger partial charge in [-0.25, -0.2) is 9.59 Å². The first-order valence-corrected chi connectivity index (χ1v) is 11.3. The number of hydrogen-bond donors (Lipinski definition) is 1. The molecule has 2 aromatic heterocycles. The number of quaternary nitrogens is 1. The van der Waals surface area contributed by atoms with E-state index < -0.39 is 11.4 Å². The van der Waals surface area contributed by atoms with Crippen LogP contribution in [0.2, 0.25) is 0 Å². The number of piperazine rings is 1. The van der Waals surface area contributed by atoms with Crippen LogP contribution in [0.15, 0.2) is 24.5 Å². The standard InChI is InChI=1S/C24H34N5O3/c1-16(2)32-22(30)17-14-28(23(31)27-10-12-29(5,6)13-11-27)15-24(3,4)19-20(17)26-18-8-7-9-25-21(18)19/h7-9,14,16,26H,10-13,15H2,1-6H3/q+1. The highest BCUT2D eigenvalue weighted by Gasteiger charge is 2.39. The first kappa shape index (κ1) is 22.3. The van der Waals surface area contributed by atoms with Crippen LogP contribution in [0.1, 0.15) is 39.0 Å². The number of pyridine rings is 1. The van der Waals surface area contributed by atoms with Crippen LogP contribution in [0.5, 0.6) is 0 Å². The monoisotopic (exact) mass is 440 g/mol. The molecule has 0 atom stereocenters. The predicted molar refractivity (Wildman–Crippen MR) is 124 cm³/mol. The van der Waals surface area contributed by atoms with Gasteiger partial charge in [0.2, 0.25) is 0 Å². The van der Waals surface area contributed by atoms with E-state index in [0.717, 1.165) is 34.2 Å². The Bertz CT molecular complexity index is 1070. The molecule has 2 amide bonds. The van der Waals surface area contributed by atoms with Crippen molar-refractivity contribution in [2.45, 2.75) is 39.2 Å². The fourth-order valence-corrected chi connectivity index (χ4v) is 4.59. The smallest absolute Gasteiger partial charge is 0.342 e. The molecule has 32 heavy (non-hydrogen) atoms. The number of esters is 1. The van der Waals surface area contributed by atoms with Gasteiger partial charge in [-0.2, -0.15) is 0 Å². The molecule has 8 heteroatoms. The minimum absolute atomic E-state index is 0.0740. The first-order chi connectivity index (χ1) is 15.0. The molecular formula is C24H34N5O3+.